The molecule has 2 aromatic heterocycles. The Kier molecular flexibility index (Phi) is 7.25. The molecule has 0 spiro atoms. The summed E-state index contributed by atoms with van der Waals surface area (Å²) in [6, 6.07) is 8.59. The molecule has 1 aliphatic rings. The molecule has 3 heterocycles. The van der Waals surface area contributed by atoms with E-state index in [0.717, 1.165) is 25.1 Å². The second-order valence-electron chi connectivity index (χ2n) is 7.45. The van der Waals surface area contributed by atoms with Crippen molar-refractivity contribution in [3.63, 3.8) is 0 Å². The lowest BCUT2D eigenvalue weighted by Crippen LogP contribution is -2.32. The highest BCUT2D eigenvalue weighted by atomic mass is 32.2. The molecule has 1 unspecified atom stereocenters. The van der Waals surface area contributed by atoms with Crippen LogP contribution in [-0.4, -0.2) is 62.8 Å². The van der Waals surface area contributed by atoms with Gasteiger partial charge in [0, 0.05) is 37.0 Å². The number of ether oxygens (including phenoxy) is 2. The van der Waals surface area contributed by atoms with Crippen LogP contribution in [-0.2, 0) is 16.0 Å². The molecule has 33 heavy (non-hydrogen) atoms. The Hall–Kier alpha value is -3.38. The molecule has 1 saturated heterocycles. The Morgan fingerprint density at radius 3 is 2.79 bits per heavy atom. The van der Waals surface area contributed by atoms with Crippen LogP contribution in [0.1, 0.15) is 24.4 Å². The minimum atomic E-state index is -0.592. The summed E-state index contributed by atoms with van der Waals surface area (Å²) in [6.07, 6.45) is 2.21. The quantitative estimate of drug-likeness (QED) is 0.385. The van der Waals surface area contributed by atoms with Gasteiger partial charge in [-0.25, -0.2) is 4.79 Å². The summed E-state index contributed by atoms with van der Waals surface area (Å²) in [4.78, 5) is 40.4. The predicted molar refractivity (Wildman–Crippen MR) is 121 cm³/mol. The van der Waals surface area contributed by atoms with E-state index in [9.17, 15) is 14.4 Å². The zero-order chi connectivity index (χ0) is 23.2. The van der Waals surface area contributed by atoms with Crippen molar-refractivity contribution >= 4 is 17.7 Å². The van der Waals surface area contributed by atoms with E-state index in [1.54, 1.807) is 23.8 Å². The number of H-pyrrole nitrogens is 2. The van der Waals surface area contributed by atoms with Gasteiger partial charge >= 0.3 is 5.69 Å². The minimum Gasteiger partial charge on any atom is -0.497 e. The van der Waals surface area contributed by atoms with Crippen LogP contribution in [0.2, 0.25) is 0 Å². The van der Waals surface area contributed by atoms with Crippen LogP contribution in [0.25, 0.3) is 5.69 Å². The molecule has 174 valence electrons. The molecule has 0 saturated carbocycles. The average Bonchev–Trinajstić information content (AvgIpc) is 3.46. The summed E-state index contributed by atoms with van der Waals surface area (Å²) in [5, 5.41) is 11.9. The summed E-state index contributed by atoms with van der Waals surface area (Å²) in [5.74, 6) is 1.22. The van der Waals surface area contributed by atoms with Crippen molar-refractivity contribution in [3.05, 3.63) is 62.7 Å². The Bertz CT molecular complexity index is 1180. The largest absolute Gasteiger partial charge is 0.497 e. The van der Waals surface area contributed by atoms with Crippen LogP contribution in [0.5, 0.6) is 5.75 Å². The number of thioether (sulfide) groups is 1. The molecule has 11 nitrogen and oxygen atoms in total. The van der Waals surface area contributed by atoms with Gasteiger partial charge < -0.3 is 19.8 Å². The van der Waals surface area contributed by atoms with Crippen molar-refractivity contribution in [3.8, 4) is 11.4 Å². The summed E-state index contributed by atoms with van der Waals surface area (Å²) in [5.41, 5.74) is 0.0642. The van der Waals surface area contributed by atoms with Gasteiger partial charge in [0.1, 0.15) is 11.6 Å². The molecule has 0 radical (unpaired) electrons. The normalized spacial score (nSPS) is 15.5. The van der Waals surface area contributed by atoms with Crippen LogP contribution in [0.3, 0.4) is 0 Å². The van der Waals surface area contributed by atoms with Gasteiger partial charge in [-0.15, -0.1) is 10.2 Å². The Morgan fingerprint density at radius 2 is 2.09 bits per heavy atom. The van der Waals surface area contributed by atoms with E-state index in [1.807, 2.05) is 12.1 Å². The van der Waals surface area contributed by atoms with Gasteiger partial charge in [0.25, 0.3) is 5.56 Å². The highest BCUT2D eigenvalue weighted by Crippen LogP contribution is 2.24. The number of nitrogens with one attached hydrogen (secondary N) is 3. The number of methoxy groups -OCH3 is 1. The van der Waals surface area contributed by atoms with Crippen molar-refractivity contribution in [2.75, 3.05) is 26.0 Å². The highest BCUT2D eigenvalue weighted by Gasteiger charge is 2.19. The number of hydrogen-bond acceptors (Lipinski definition) is 8. The molecule has 1 aromatic carbocycles. The van der Waals surface area contributed by atoms with E-state index >= 15 is 0 Å². The van der Waals surface area contributed by atoms with Gasteiger partial charge in [0.05, 0.1) is 19.0 Å². The topological polar surface area (TPSA) is 144 Å². The molecule has 1 fully saturated rings. The molecule has 4 rings (SSSR count). The average molecular weight is 473 g/mol. The highest BCUT2D eigenvalue weighted by molar-refractivity contribution is 7.99. The zero-order valence-electron chi connectivity index (χ0n) is 18.0. The lowest BCUT2D eigenvalue weighted by atomic mass is 10.2. The second kappa shape index (κ2) is 10.5. The number of rotatable bonds is 9. The van der Waals surface area contributed by atoms with Crippen molar-refractivity contribution in [1.82, 2.24) is 30.0 Å². The van der Waals surface area contributed by atoms with Gasteiger partial charge in [0.15, 0.2) is 5.16 Å². The number of aromatic amines is 2. The number of hydrogen-bond donors (Lipinski definition) is 3. The number of nitrogens with zero attached hydrogens (tertiary/aromatic N) is 3. The van der Waals surface area contributed by atoms with E-state index < -0.39 is 11.2 Å². The van der Waals surface area contributed by atoms with Gasteiger partial charge in [-0.05, 0) is 37.1 Å². The van der Waals surface area contributed by atoms with Gasteiger partial charge in [0.2, 0.25) is 5.91 Å². The first-order valence-corrected chi connectivity index (χ1v) is 11.4. The third kappa shape index (κ3) is 5.90. The van der Waals surface area contributed by atoms with Crippen molar-refractivity contribution in [2.45, 2.75) is 30.5 Å². The fourth-order valence-corrected chi connectivity index (χ4v) is 4.30. The number of carbonyl (C=O) groups is 1. The van der Waals surface area contributed by atoms with Crippen molar-refractivity contribution in [2.24, 2.45) is 0 Å². The van der Waals surface area contributed by atoms with E-state index in [1.165, 1.54) is 17.8 Å². The zero-order valence-corrected chi connectivity index (χ0v) is 18.8. The molecule has 1 atom stereocenters. The maximum absolute atomic E-state index is 12.3. The summed E-state index contributed by atoms with van der Waals surface area (Å²) in [6.45, 7) is 1.23. The lowest BCUT2D eigenvalue weighted by molar-refractivity contribution is -0.119. The van der Waals surface area contributed by atoms with Crippen LogP contribution in [0.4, 0.5) is 0 Å². The van der Waals surface area contributed by atoms with Crippen molar-refractivity contribution < 1.29 is 14.3 Å². The molecule has 1 aliphatic heterocycles. The Morgan fingerprint density at radius 1 is 1.27 bits per heavy atom. The molecule has 0 bridgehead atoms. The Balaban J connectivity index is 1.54. The third-order valence-corrected chi connectivity index (χ3v) is 6.01. The smallest absolute Gasteiger partial charge is 0.325 e. The fraction of sp³-hybridized carbons (Fsp3) is 0.381. The molecule has 1 amide bonds. The minimum absolute atomic E-state index is 0.0738. The van der Waals surface area contributed by atoms with Crippen molar-refractivity contribution in [1.29, 1.82) is 0 Å². The second-order valence-corrected chi connectivity index (χ2v) is 8.39. The lowest BCUT2D eigenvalue weighted by Gasteiger charge is -2.12. The summed E-state index contributed by atoms with van der Waals surface area (Å²) in [7, 11) is 1.58. The first-order chi connectivity index (χ1) is 16.0. The molecule has 3 N–H and O–H groups in total. The SMILES string of the molecule is COc1ccc(-n2c(Cc3cc(=O)[nH]c(=O)[nH]3)nnc2SCC(=O)NCC2CCCO2)cc1. The Labute approximate surface area is 192 Å². The van der Waals surface area contributed by atoms with Crippen LogP contribution in [0.15, 0.2) is 45.1 Å². The monoisotopic (exact) mass is 472 g/mol. The van der Waals surface area contributed by atoms with Gasteiger partial charge in [-0.1, -0.05) is 11.8 Å². The van der Waals surface area contributed by atoms with Gasteiger partial charge in [-0.3, -0.25) is 19.1 Å². The molecule has 0 aliphatic carbocycles. The fourth-order valence-electron chi connectivity index (χ4n) is 3.50. The number of aromatic nitrogens is 5. The summed E-state index contributed by atoms with van der Waals surface area (Å²) < 4.78 is 12.5. The first-order valence-electron chi connectivity index (χ1n) is 10.4. The van der Waals surface area contributed by atoms with E-state index in [-0.39, 0.29) is 24.2 Å². The molecular formula is C21H24N6O5S. The first kappa shape index (κ1) is 22.8. The molecule has 12 heteroatoms. The predicted octanol–water partition coefficient (Wildman–Crippen LogP) is 0.631. The van der Waals surface area contributed by atoms with Crippen LogP contribution >= 0.6 is 11.8 Å². The maximum atomic E-state index is 12.3. The third-order valence-electron chi connectivity index (χ3n) is 5.08. The van der Waals surface area contributed by atoms with Gasteiger partial charge in [-0.2, -0.15) is 0 Å². The number of benzene rings is 1. The molecule has 3 aromatic rings. The maximum Gasteiger partial charge on any atom is 0.325 e. The standard InChI is InChI=1S/C21H24N6O5S/c1-31-15-6-4-14(5-7-15)27-17(9-13-10-18(28)24-20(30)23-13)25-26-21(27)33-12-19(29)22-11-16-3-2-8-32-16/h4-7,10,16H,2-3,8-9,11-12H2,1H3,(H,22,29)(H2,23,24,28,30). The van der Waals surface area contributed by atoms with E-state index in [2.05, 4.69) is 25.5 Å². The van der Waals surface area contributed by atoms with E-state index in [0.29, 0.717) is 29.0 Å². The van der Waals surface area contributed by atoms with Crippen LogP contribution in [0, 0.1) is 0 Å². The van der Waals surface area contributed by atoms with Crippen LogP contribution < -0.4 is 21.3 Å². The number of carbonyl (C=O) groups excluding carboxylic acids is 1. The van der Waals surface area contributed by atoms with E-state index in [4.69, 9.17) is 9.47 Å². The number of amides is 1. The molecular weight excluding hydrogens is 448 g/mol. The summed E-state index contributed by atoms with van der Waals surface area (Å²) >= 11 is 1.25.